The number of likely N-dealkylation sites (tertiary alicyclic amines) is 1. The van der Waals surface area contributed by atoms with Crippen LogP contribution >= 0.6 is 0 Å². The van der Waals surface area contributed by atoms with E-state index in [-0.39, 0.29) is 23.8 Å². The van der Waals surface area contributed by atoms with Gasteiger partial charge in [-0.15, -0.1) is 0 Å². The minimum Gasteiger partial charge on any atom is -0.354 e. The van der Waals surface area contributed by atoms with Crippen molar-refractivity contribution in [2.45, 2.75) is 44.6 Å². The van der Waals surface area contributed by atoms with E-state index < -0.39 is 0 Å². The third-order valence-electron chi connectivity index (χ3n) is 4.47. The molecule has 7 heteroatoms. The van der Waals surface area contributed by atoms with Gasteiger partial charge in [-0.1, -0.05) is 0 Å². The summed E-state index contributed by atoms with van der Waals surface area (Å²) in [6.07, 6.45) is 6.90. The molecule has 2 heterocycles. The van der Waals surface area contributed by atoms with Crippen LogP contribution in [0, 0.1) is 5.92 Å². The van der Waals surface area contributed by atoms with Crippen molar-refractivity contribution in [2.75, 3.05) is 13.1 Å². The first-order valence-electron chi connectivity index (χ1n) is 8.08. The largest absolute Gasteiger partial charge is 0.354 e. The summed E-state index contributed by atoms with van der Waals surface area (Å²) in [5.41, 5.74) is 0. The highest BCUT2D eigenvalue weighted by Gasteiger charge is 2.39. The van der Waals surface area contributed by atoms with Gasteiger partial charge in [0, 0.05) is 32.5 Å². The molecule has 3 rings (SSSR count). The topological polar surface area (TPSA) is 80.1 Å². The summed E-state index contributed by atoms with van der Waals surface area (Å²) in [6, 6.07) is -0.290. The Morgan fingerprint density at radius 1 is 1.32 bits per heavy atom. The standard InChI is InChI=1S/C15H23N5O2/c1-19-13(17-10-18-19)7-8-16-14(21)12-4-2-3-9-20(12)15(22)11-5-6-11/h10-12H,2-9H2,1H3,(H,16,21)/t12-/m1/s1. The summed E-state index contributed by atoms with van der Waals surface area (Å²) in [7, 11) is 1.83. The molecule has 1 aromatic heterocycles. The Hall–Kier alpha value is -1.92. The van der Waals surface area contributed by atoms with E-state index in [0.717, 1.165) is 44.5 Å². The molecular formula is C15H23N5O2. The summed E-state index contributed by atoms with van der Waals surface area (Å²) in [6.45, 7) is 1.24. The van der Waals surface area contributed by atoms with Gasteiger partial charge < -0.3 is 10.2 Å². The molecule has 0 radical (unpaired) electrons. The highest BCUT2D eigenvalue weighted by atomic mass is 16.2. The van der Waals surface area contributed by atoms with Crippen molar-refractivity contribution in [3.8, 4) is 0 Å². The highest BCUT2D eigenvalue weighted by Crippen LogP contribution is 2.33. The normalized spacial score (nSPS) is 21.7. The molecule has 1 saturated heterocycles. The summed E-state index contributed by atoms with van der Waals surface area (Å²) >= 11 is 0. The predicted molar refractivity (Wildman–Crippen MR) is 79.8 cm³/mol. The maximum Gasteiger partial charge on any atom is 0.242 e. The zero-order valence-corrected chi connectivity index (χ0v) is 13.0. The number of nitrogens with one attached hydrogen (secondary N) is 1. The number of piperidine rings is 1. The van der Waals surface area contributed by atoms with Gasteiger partial charge in [0.2, 0.25) is 11.8 Å². The Balaban J connectivity index is 1.53. The van der Waals surface area contributed by atoms with Crippen LogP contribution in [-0.2, 0) is 23.1 Å². The Kier molecular flexibility index (Phi) is 4.40. The summed E-state index contributed by atoms with van der Waals surface area (Å²) in [4.78, 5) is 30.7. The lowest BCUT2D eigenvalue weighted by Gasteiger charge is -2.34. The smallest absolute Gasteiger partial charge is 0.242 e. The van der Waals surface area contributed by atoms with Crippen LogP contribution in [0.25, 0.3) is 0 Å². The van der Waals surface area contributed by atoms with Gasteiger partial charge in [0.15, 0.2) is 0 Å². The van der Waals surface area contributed by atoms with Crippen LogP contribution in [0.5, 0.6) is 0 Å². The molecule has 2 amide bonds. The van der Waals surface area contributed by atoms with Gasteiger partial charge >= 0.3 is 0 Å². The molecule has 1 aliphatic carbocycles. The third kappa shape index (κ3) is 3.28. The van der Waals surface area contributed by atoms with E-state index in [1.54, 1.807) is 9.58 Å². The van der Waals surface area contributed by atoms with Crippen molar-refractivity contribution < 1.29 is 9.59 Å². The number of carbonyl (C=O) groups excluding carboxylic acids is 2. The van der Waals surface area contributed by atoms with Crippen LogP contribution in [0.15, 0.2) is 6.33 Å². The van der Waals surface area contributed by atoms with Crippen molar-refractivity contribution in [1.82, 2.24) is 25.0 Å². The van der Waals surface area contributed by atoms with Crippen LogP contribution in [0.4, 0.5) is 0 Å². The Morgan fingerprint density at radius 3 is 2.82 bits per heavy atom. The fourth-order valence-electron chi connectivity index (χ4n) is 2.99. The minimum atomic E-state index is -0.290. The van der Waals surface area contributed by atoms with E-state index in [1.807, 2.05) is 7.05 Å². The fraction of sp³-hybridized carbons (Fsp3) is 0.733. The molecule has 0 aromatic carbocycles. The van der Waals surface area contributed by atoms with Crippen LogP contribution in [0.3, 0.4) is 0 Å². The van der Waals surface area contributed by atoms with E-state index in [4.69, 9.17) is 0 Å². The summed E-state index contributed by atoms with van der Waals surface area (Å²) in [5, 5.41) is 6.95. The molecular weight excluding hydrogens is 282 g/mol. The quantitative estimate of drug-likeness (QED) is 0.846. The van der Waals surface area contributed by atoms with Crippen molar-refractivity contribution in [3.63, 3.8) is 0 Å². The van der Waals surface area contributed by atoms with Crippen LogP contribution in [-0.4, -0.2) is 50.6 Å². The van der Waals surface area contributed by atoms with E-state index >= 15 is 0 Å². The van der Waals surface area contributed by atoms with Gasteiger partial charge in [-0.25, -0.2) is 4.98 Å². The molecule has 1 aromatic rings. The average molecular weight is 305 g/mol. The first-order valence-corrected chi connectivity index (χ1v) is 8.08. The predicted octanol–water partition coefficient (Wildman–Crippen LogP) is 0.265. The molecule has 7 nitrogen and oxygen atoms in total. The number of hydrogen-bond donors (Lipinski definition) is 1. The second-order valence-corrected chi connectivity index (χ2v) is 6.16. The van der Waals surface area contributed by atoms with E-state index in [2.05, 4.69) is 15.4 Å². The van der Waals surface area contributed by atoms with E-state index in [0.29, 0.717) is 13.0 Å². The van der Waals surface area contributed by atoms with Crippen LogP contribution in [0.1, 0.15) is 37.9 Å². The number of hydrogen-bond acceptors (Lipinski definition) is 4. The maximum atomic E-state index is 12.4. The molecule has 22 heavy (non-hydrogen) atoms. The van der Waals surface area contributed by atoms with Crippen molar-refractivity contribution in [2.24, 2.45) is 13.0 Å². The average Bonchev–Trinajstić information content (AvgIpc) is 3.30. The number of nitrogens with zero attached hydrogens (tertiary/aromatic N) is 4. The van der Waals surface area contributed by atoms with Gasteiger partial charge in [0.1, 0.15) is 18.2 Å². The molecule has 0 bridgehead atoms. The molecule has 1 aliphatic heterocycles. The first-order chi connectivity index (χ1) is 10.7. The number of carbonyl (C=O) groups is 2. The second-order valence-electron chi connectivity index (χ2n) is 6.16. The Labute approximate surface area is 130 Å². The lowest BCUT2D eigenvalue weighted by molar-refractivity contribution is -0.143. The molecule has 0 unspecified atom stereocenters. The SMILES string of the molecule is Cn1ncnc1CCNC(=O)[C@H]1CCCCN1C(=O)C1CC1. The Morgan fingerprint density at radius 2 is 2.14 bits per heavy atom. The lowest BCUT2D eigenvalue weighted by atomic mass is 10.0. The zero-order chi connectivity index (χ0) is 15.5. The van der Waals surface area contributed by atoms with E-state index in [9.17, 15) is 9.59 Å². The first kappa shape index (κ1) is 15.0. The van der Waals surface area contributed by atoms with Crippen molar-refractivity contribution >= 4 is 11.8 Å². The van der Waals surface area contributed by atoms with Crippen molar-refractivity contribution in [3.05, 3.63) is 12.2 Å². The van der Waals surface area contributed by atoms with Crippen LogP contribution < -0.4 is 5.32 Å². The monoisotopic (exact) mass is 305 g/mol. The molecule has 2 aliphatic rings. The molecule has 0 spiro atoms. The van der Waals surface area contributed by atoms with Gasteiger partial charge in [-0.2, -0.15) is 5.10 Å². The Bertz CT molecular complexity index is 552. The van der Waals surface area contributed by atoms with Gasteiger partial charge in [-0.3, -0.25) is 14.3 Å². The van der Waals surface area contributed by atoms with Gasteiger partial charge in [0.25, 0.3) is 0 Å². The maximum absolute atomic E-state index is 12.4. The molecule has 1 atom stereocenters. The highest BCUT2D eigenvalue weighted by molar-refractivity contribution is 5.89. The number of rotatable bonds is 5. The van der Waals surface area contributed by atoms with E-state index in [1.165, 1.54) is 6.33 Å². The number of aromatic nitrogens is 3. The number of amides is 2. The summed E-state index contributed by atoms with van der Waals surface area (Å²) in [5.74, 6) is 1.16. The zero-order valence-electron chi connectivity index (χ0n) is 13.0. The fourth-order valence-corrected chi connectivity index (χ4v) is 2.99. The minimum absolute atomic E-state index is 0.0316. The lowest BCUT2D eigenvalue weighted by Crippen LogP contribution is -2.52. The molecule has 1 N–H and O–H groups in total. The molecule has 2 fully saturated rings. The summed E-state index contributed by atoms with van der Waals surface area (Å²) < 4.78 is 1.70. The second kappa shape index (κ2) is 6.46. The molecule has 120 valence electrons. The van der Waals surface area contributed by atoms with Crippen LogP contribution in [0.2, 0.25) is 0 Å². The van der Waals surface area contributed by atoms with Crippen molar-refractivity contribution in [1.29, 1.82) is 0 Å². The van der Waals surface area contributed by atoms with Gasteiger partial charge in [-0.05, 0) is 32.1 Å². The van der Waals surface area contributed by atoms with Gasteiger partial charge in [0.05, 0.1) is 0 Å². The molecule has 1 saturated carbocycles. The third-order valence-corrected chi connectivity index (χ3v) is 4.47. The number of aryl methyl sites for hydroxylation is 1.